The Labute approximate surface area is 115 Å². The Morgan fingerprint density at radius 2 is 2.11 bits per heavy atom. The van der Waals surface area contributed by atoms with Crippen LogP contribution in [-0.2, 0) is 4.79 Å². The largest absolute Gasteiger partial charge is 0.340 e. The van der Waals surface area contributed by atoms with Crippen molar-refractivity contribution in [3.63, 3.8) is 0 Å². The molecule has 5 heteroatoms. The Bertz CT molecular complexity index is 439. The Hall–Kier alpha value is -0.840. The molecule has 0 aromatic carbocycles. The normalized spacial score (nSPS) is 24.9. The second kappa shape index (κ2) is 5.03. The molecule has 1 amide bonds. The van der Waals surface area contributed by atoms with E-state index in [4.69, 9.17) is 0 Å². The molecule has 2 aliphatic rings. The average Bonchev–Trinajstić information content (AvgIpc) is 3.09. The van der Waals surface area contributed by atoms with Gasteiger partial charge in [-0.15, -0.1) is 0 Å². The molecule has 98 valence electrons. The summed E-state index contributed by atoms with van der Waals surface area (Å²) in [5.74, 6) is 0.675. The van der Waals surface area contributed by atoms with Gasteiger partial charge in [-0.1, -0.05) is 12.8 Å². The van der Waals surface area contributed by atoms with Crippen molar-refractivity contribution in [2.45, 2.75) is 38.1 Å². The first-order valence-electron chi connectivity index (χ1n) is 6.72. The van der Waals surface area contributed by atoms with Crippen LogP contribution in [-0.4, -0.2) is 33.7 Å². The lowest BCUT2D eigenvalue weighted by molar-refractivity contribution is -0.134. The molecule has 3 rings (SSSR count). The summed E-state index contributed by atoms with van der Waals surface area (Å²) in [6, 6.07) is 0.349. The minimum Gasteiger partial charge on any atom is -0.340 e. The molecular formula is C13H18BrN3O. The molecule has 1 aliphatic heterocycles. The van der Waals surface area contributed by atoms with Gasteiger partial charge in [0, 0.05) is 25.2 Å². The summed E-state index contributed by atoms with van der Waals surface area (Å²) >= 11 is 3.41. The zero-order valence-corrected chi connectivity index (χ0v) is 12.0. The minimum absolute atomic E-state index is 0.299. The predicted molar refractivity (Wildman–Crippen MR) is 72.1 cm³/mol. The first-order valence-corrected chi connectivity index (χ1v) is 7.52. The van der Waals surface area contributed by atoms with Crippen molar-refractivity contribution in [2.75, 3.05) is 13.1 Å². The van der Waals surface area contributed by atoms with Crippen LogP contribution < -0.4 is 0 Å². The summed E-state index contributed by atoms with van der Waals surface area (Å²) in [6.07, 6.45) is 9.45. The van der Waals surface area contributed by atoms with E-state index < -0.39 is 0 Å². The Morgan fingerprint density at radius 3 is 2.78 bits per heavy atom. The molecule has 0 spiro atoms. The van der Waals surface area contributed by atoms with Crippen molar-refractivity contribution in [3.05, 3.63) is 16.9 Å². The van der Waals surface area contributed by atoms with Crippen LogP contribution in [0.25, 0.3) is 0 Å². The van der Waals surface area contributed by atoms with Gasteiger partial charge in [-0.2, -0.15) is 5.10 Å². The minimum atomic E-state index is 0.299. The lowest BCUT2D eigenvalue weighted by atomic mass is 10.1. The molecule has 0 radical (unpaired) electrons. The number of carbonyl (C=O) groups is 1. The summed E-state index contributed by atoms with van der Waals surface area (Å²) in [4.78, 5) is 14.4. The third kappa shape index (κ3) is 2.32. The molecule has 1 atom stereocenters. The molecular weight excluding hydrogens is 294 g/mol. The smallest absolute Gasteiger partial charge is 0.225 e. The van der Waals surface area contributed by atoms with E-state index in [1.54, 1.807) is 6.20 Å². The van der Waals surface area contributed by atoms with Gasteiger partial charge in [0.05, 0.1) is 16.7 Å². The molecule has 1 unspecified atom stereocenters. The molecule has 2 fully saturated rings. The molecule has 1 aromatic heterocycles. The number of aromatic nitrogens is 2. The average molecular weight is 312 g/mol. The van der Waals surface area contributed by atoms with Gasteiger partial charge in [0.25, 0.3) is 0 Å². The van der Waals surface area contributed by atoms with Crippen molar-refractivity contribution in [1.29, 1.82) is 0 Å². The van der Waals surface area contributed by atoms with E-state index in [0.29, 0.717) is 17.9 Å². The van der Waals surface area contributed by atoms with E-state index in [1.807, 2.05) is 15.8 Å². The monoisotopic (exact) mass is 311 g/mol. The third-order valence-electron chi connectivity index (χ3n) is 4.12. The van der Waals surface area contributed by atoms with Crippen LogP contribution in [0, 0.1) is 5.92 Å². The number of likely N-dealkylation sites (tertiary alicyclic amines) is 1. The molecule has 1 aliphatic carbocycles. The van der Waals surface area contributed by atoms with Crippen LogP contribution >= 0.6 is 15.9 Å². The fourth-order valence-electron chi connectivity index (χ4n) is 3.10. The van der Waals surface area contributed by atoms with Crippen molar-refractivity contribution >= 4 is 21.8 Å². The highest BCUT2D eigenvalue weighted by Gasteiger charge is 2.32. The highest BCUT2D eigenvalue weighted by molar-refractivity contribution is 9.10. The second-order valence-corrected chi connectivity index (χ2v) is 6.26. The lowest BCUT2D eigenvalue weighted by Crippen LogP contribution is -2.33. The standard InChI is InChI=1S/C13H18BrN3O/c14-11-7-15-17(8-11)12-5-6-16(9-12)13(18)10-3-1-2-4-10/h7-8,10,12H,1-6,9H2. The SMILES string of the molecule is O=C(C1CCCC1)N1CCC(n2cc(Br)cn2)C1. The number of amides is 1. The quantitative estimate of drug-likeness (QED) is 0.842. The van der Waals surface area contributed by atoms with Gasteiger partial charge in [0.1, 0.15) is 0 Å². The molecule has 0 bridgehead atoms. The highest BCUT2D eigenvalue weighted by atomic mass is 79.9. The summed E-state index contributed by atoms with van der Waals surface area (Å²) in [6.45, 7) is 1.71. The van der Waals surface area contributed by atoms with Crippen LogP contribution in [0.3, 0.4) is 0 Å². The summed E-state index contributed by atoms with van der Waals surface area (Å²) in [5, 5.41) is 4.32. The van der Waals surface area contributed by atoms with Gasteiger partial charge in [0.2, 0.25) is 5.91 Å². The molecule has 1 saturated carbocycles. The first kappa shape index (κ1) is 12.2. The van der Waals surface area contributed by atoms with Gasteiger partial charge >= 0.3 is 0 Å². The van der Waals surface area contributed by atoms with E-state index in [0.717, 1.165) is 36.8 Å². The Kier molecular flexibility index (Phi) is 3.41. The number of nitrogens with zero attached hydrogens (tertiary/aromatic N) is 3. The zero-order chi connectivity index (χ0) is 12.5. The molecule has 1 aromatic rings. The van der Waals surface area contributed by atoms with Crippen LogP contribution in [0.1, 0.15) is 38.1 Å². The van der Waals surface area contributed by atoms with Crippen molar-refractivity contribution in [1.82, 2.24) is 14.7 Å². The topological polar surface area (TPSA) is 38.1 Å². The molecule has 0 N–H and O–H groups in total. The highest BCUT2D eigenvalue weighted by Crippen LogP contribution is 2.30. The maximum Gasteiger partial charge on any atom is 0.225 e. The number of hydrogen-bond acceptors (Lipinski definition) is 2. The first-order chi connectivity index (χ1) is 8.74. The van der Waals surface area contributed by atoms with Crippen molar-refractivity contribution < 1.29 is 4.79 Å². The van der Waals surface area contributed by atoms with Gasteiger partial charge < -0.3 is 4.90 Å². The van der Waals surface area contributed by atoms with Crippen LogP contribution in [0.4, 0.5) is 0 Å². The van der Waals surface area contributed by atoms with Gasteiger partial charge in [0.15, 0.2) is 0 Å². The second-order valence-electron chi connectivity index (χ2n) is 5.35. The van der Waals surface area contributed by atoms with Gasteiger partial charge in [-0.3, -0.25) is 9.48 Å². The molecule has 4 nitrogen and oxygen atoms in total. The van der Waals surface area contributed by atoms with E-state index in [-0.39, 0.29) is 0 Å². The lowest BCUT2D eigenvalue weighted by Gasteiger charge is -2.20. The number of carbonyl (C=O) groups excluding carboxylic acids is 1. The van der Waals surface area contributed by atoms with Crippen LogP contribution in [0.2, 0.25) is 0 Å². The third-order valence-corrected chi connectivity index (χ3v) is 4.53. The Balaban J connectivity index is 1.62. The predicted octanol–water partition coefficient (Wildman–Crippen LogP) is 2.61. The number of rotatable bonds is 2. The molecule has 2 heterocycles. The van der Waals surface area contributed by atoms with E-state index in [1.165, 1.54) is 12.8 Å². The van der Waals surface area contributed by atoms with Crippen molar-refractivity contribution in [2.24, 2.45) is 5.92 Å². The van der Waals surface area contributed by atoms with E-state index in [9.17, 15) is 4.79 Å². The zero-order valence-electron chi connectivity index (χ0n) is 10.4. The Morgan fingerprint density at radius 1 is 1.33 bits per heavy atom. The summed E-state index contributed by atoms with van der Waals surface area (Å²) in [5.41, 5.74) is 0. The maximum absolute atomic E-state index is 12.3. The van der Waals surface area contributed by atoms with Gasteiger partial charge in [-0.25, -0.2) is 0 Å². The maximum atomic E-state index is 12.3. The van der Waals surface area contributed by atoms with E-state index >= 15 is 0 Å². The number of hydrogen-bond donors (Lipinski definition) is 0. The molecule has 18 heavy (non-hydrogen) atoms. The molecule has 1 saturated heterocycles. The summed E-state index contributed by atoms with van der Waals surface area (Å²) < 4.78 is 2.98. The number of halogens is 1. The van der Waals surface area contributed by atoms with E-state index in [2.05, 4.69) is 21.0 Å². The van der Waals surface area contributed by atoms with Gasteiger partial charge in [-0.05, 0) is 35.2 Å². The van der Waals surface area contributed by atoms with Crippen molar-refractivity contribution in [3.8, 4) is 0 Å². The van der Waals surface area contributed by atoms with Crippen LogP contribution in [0.5, 0.6) is 0 Å². The van der Waals surface area contributed by atoms with Crippen LogP contribution in [0.15, 0.2) is 16.9 Å². The fraction of sp³-hybridized carbons (Fsp3) is 0.692. The fourth-order valence-corrected chi connectivity index (χ4v) is 3.40. The summed E-state index contributed by atoms with van der Waals surface area (Å²) in [7, 11) is 0.